The highest BCUT2D eigenvalue weighted by molar-refractivity contribution is 6.34. The van der Waals surface area contributed by atoms with Gasteiger partial charge in [0, 0.05) is 17.8 Å². The molecular weight excluding hydrogens is 297 g/mol. The number of hydrogen-bond acceptors (Lipinski definition) is 2. The number of aromatic nitrogens is 1. The van der Waals surface area contributed by atoms with Crippen LogP contribution in [0, 0.1) is 11.6 Å². The number of anilines is 1. The fourth-order valence-corrected chi connectivity index (χ4v) is 1.81. The van der Waals surface area contributed by atoms with E-state index in [0.717, 1.165) is 6.07 Å². The Morgan fingerprint density at radius 3 is 2.58 bits per heavy atom. The molecule has 3 nitrogen and oxygen atoms in total. The number of carbonyl (C=O) groups is 1. The Morgan fingerprint density at radius 1 is 1.21 bits per heavy atom. The number of halogens is 4. The summed E-state index contributed by atoms with van der Waals surface area (Å²) >= 11 is 11.3. The van der Waals surface area contributed by atoms with Gasteiger partial charge < -0.3 is 5.32 Å². The number of nitrogens with zero attached hydrogens (tertiary/aromatic N) is 1. The highest BCUT2D eigenvalue weighted by Gasteiger charge is 2.14. The average molecular weight is 303 g/mol. The fourth-order valence-electron chi connectivity index (χ4n) is 1.39. The first-order chi connectivity index (χ1) is 8.97. The second kappa shape index (κ2) is 5.50. The van der Waals surface area contributed by atoms with Crippen LogP contribution in [0.4, 0.5) is 14.5 Å². The first-order valence-corrected chi connectivity index (χ1v) is 5.80. The Balaban J connectivity index is 2.29. The van der Waals surface area contributed by atoms with Crippen molar-refractivity contribution in [2.24, 2.45) is 0 Å². The fraction of sp³-hybridized carbons (Fsp3) is 0. The first kappa shape index (κ1) is 13.7. The maximum atomic E-state index is 13.5. The third kappa shape index (κ3) is 3.19. The summed E-state index contributed by atoms with van der Waals surface area (Å²) in [5, 5.41) is 2.14. The van der Waals surface area contributed by atoms with E-state index in [2.05, 4.69) is 10.3 Å². The minimum Gasteiger partial charge on any atom is -0.318 e. The van der Waals surface area contributed by atoms with Crippen molar-refractivity contribution < 1.29 is 13.6 Å². The summed E-state index contributed by atoms with van der Waals surface area (Å²) in [6, 6.07) is 4.24. The van der Waals surface area contributed by atoms with Crippen LogP contribution in [-0.2, 0) is 0 Å². The number of benzene rings is 1. The van der Waals surface area contributed by atoms with Crippen LogP contribution in [0.25, 0.3) is 0 Å². The van der Waals surface area contributed by atoms with Crippen LogP contribution in [0.2, 0.25) is 10.2 Å². The SMILES string of the molecule is O=C(Nc1c(F)cc(F)cc1Cl)c1ccnc(Cl)c1. The van der Waals surface area contributed by atoms with Gasteiger partial charge in [0.05, 0.1) is 10.7 Å². The first-order valence-electron chi connectivity index (χ1n) is 5.05. The zero-order valence-corrected chi connectivity index (χ0v) is 10.8. The molecule has 1 aromatic carbocycles. The van der Waals surface area contributed by atoms with Crippen molar-refractivity contribution in [2.45, 2.75) is 0 Å². The van der Waals surface area contributed by atoms with Crippen LogP contribution >= 0.6 is 23.2 Å². The monoisotopic (exact) mass is 302 g/mol. The minimum absolute atomic E-state index is 0.123. The summed E-state index contributed by atoms with van der Waals surface area (Å²) in [6.45, 7) is 0. The van der Waals surface area contributed by atoms with Crippen molar-refractivity contribution in [3.63, 3.8) is 0 Å². The van der Waals surface area contributed by atoms with E-state index in [1.165, 1.54) is 18.3 Å². The molecule has 1 N–H and O–H groups in total. The molecule has 0 aliphatic carbocycles. The summed E-state index contributed by atoms with van der Waals surface area (Å²) in [5.41, 5.74) is -0.110. The van der Waals surface area contributed by atoms with Crippen molar-refractivity contribution in [1.29, 1.82) is 0 Å². The van der Waals surface area contributed by atoms with Gasteiger partial charge in [-0.3, -0.25) is 4.79 Å². The van der Waals surface area contributed by atoms with Crippen molar-refractivity contribution >= 4 is 34.8 Å². The third-order valence-electron chi connectivity index (χ3n) is 2.23. The van der Waals surface area contributed by atoms with Crippen LogP contribution in [-0.4, -0.2) is 10.9 Å². The lowest BCUT2D eigenvalue weighted by Gasteiger charge is -2.08. The van der Waals surface area contributed by atoms with Crippen LogP contribution in [0.5, 0.6) is 0 Å². The summed E-state index contributed by atoms with van der Waals surface area (Å²) < 4.78 is 26.3. The third-order valence-corrected chi connectivity index (χ3v) is 2.74. The van der Waals surface area contributed by atoms with Gasteiger partial charge in [0.1, 0.15) is 11.0 Å². The lowest BCUT2D eigenvalue weighted by molar-refractivity contribution is 0.102. The number of pyridine rings is 1. The zero-order chi connectivity index (χ0) is 14.0. The van der Waals surface area contributed by atoms with Gasteiger partial charge in [0.15, 0.2) is 5.82 Å². The summed E-state index contributed by atoms with van der Waals surface area (Å²) in [4.78, 5) is 15.6. The van der Waals surface area contributed by atoms with E-state index < -0.39 is 17.5 Å². The number of carbonyl (C=O) groups excluding carboxylic acids is 1. The molecule has 7 heteroatoms. The molecule has 0 saturated heterocycles. The molecule has 0 bridgehead atoms. The summed E-state index contributed by atoms with van der Waals surface area (Å²) in [6.07, 6.45) is 1.33. The molecule has 0 saturated carbocycles. The van der Waals surface area contributed by atoms with Crippen molar-refractivity contribution in [2.75, 3.05) is 5.32 Å². The quantitative estimate of drug-likeness (QED) is 0.854. The van der Waals surface area contributed by atoms with E-state index in [1.807, 2.05) is 0 Å². The van der Waals surface area contributed by atoms with Gasteiger partial charge in [-0.15, -0.1) is 0 Å². The molecule has 98 valence electrons. The van der Waals surface area contributed by atoms with Crippen molar-refractivity contribution in [3.05, 3.63) is 57.8 Å². The Hall–Kier alpha value is -1.72. The Bertz CT molecular complexity index is 626. The highest BCUT2D eigenvalue weighted by atomic mass is 35.5. The van der Waals surface area contributed by atoms with Crippen LogP contribution < -0.4 is 5.32 Å². The summed E-state index contributed by atoms with van der Waals surface area (Å²) in [7, 11) is 0. The molecule has 0 fully saturated rings. The molecule has 19 heavy (non-hydrogen) atoms. The van der Waals surface area contributed by atoms with Gasteiger partial charge in [0.2, 0.25) is 0 Å². The van der Waals surface area contributed by atoms with Crippen molar-refractivity contribution in [3.8, 4) is 0 Å². The number of nitrogens with one attached hydrogen (secondary N) is 1. The molecule has 1 heterocycles. The van der Waals surface area contributed by atoms with E-state index in [4.69, 9.17) is 23.2 Å². The highest BCUT2D eigenvalue weighted by Crippen LogP contribution is 2.26. The second-order valence-electron chi connectivity index (χ2n) is 3.57. The van der Waals surface area contributed by atoms with Crippen molar-refractivity contribution in [1.82, 2.24) is 4.98 Å². The number of rotatable bonds is 2. The van der Waals surface area contributed by atoms with Gasteiger partial charge in [-0.2, -0.15) is 0 Å². The molecule has 2 rings (SSSR count). The molecular formula is C12H6Cl2F2N2O. The van der Waals surface area contributed by atoms with E-state index in [0.29, 0.717) is 6.07 Å². The van der Waals surface area contributed by atoms with Gasteiger partial charge in [-0.25, -0.2) is 13.8 Å². The van der Waals surface area contributed by atoms with Crippen LogP contribution in [0.15, 0.2) is 30.5 Å². The standard InChI is InChI=1S/C12H6Cl2F2N2O/c13-8-4-7(15)5-9(16)11(8)18-12(19)6-1-2-17-10(14)3-6/h1-5H,(H,18,19). The topological polar surface area (TPSA) is 42.0 Å². The second-order valence-corrected chi connectivity index (χ2v) is 4.36. The molecule has 0 aliphatic heterocycles. The van der Waals surface area contributed by atoms with Crippen LogP contribution in [0.3, 0.4) is 0 Å². The lowest BCUT2D eigenvalue weighted by atomic mass is 10.2. The Kier molecular flexibility index (Phi) is 3.97. The molecule has 0 unspecified atom stereocenters. The normalized spacial score (nSPS) is 10.3. The molecule has 2 aromatic rings. The minimum atomic E-state index is -0.960. The average Bonchev–Trinajstić information content (AvgIpc) is 2.33. The van der Waals surface area contributed by atoms with Gasteiger partial charge in [0.25, 0.3) is 5.91 Å². The maximum absolute atomic E-state index is 13.5. The largest absolute Gasteiger partial charge is 0.318 e. The lowest BCUT2D eigenvalue weighted by Crippen LogP contribution is -2.13. The van der Waals surface area contributed by atoms with E-state index >= 15 is 0 Å². The van der Waals surface area contributed by atoms with E-state index in [9.17, 15) is 13.6 Å². The van der Waals surface area contributed by atoms with Gasteiger partial charge >= 0.3 is 0 Å². The Labute approximate surface area is 117 Å². The smallest absolute Gasteiger partial charge is 0.255 e. The van der Waals surface area contributed by atoms with E-state index in [-0.39, 0.29) is 21.4 Å². The molecule has 0 atom stereocenters. The predicted octanol–water partition coefficient (Wildman–Crippen LogP) is 3.92. The molecule has 1 amide bonds. The van der Waals surface area contributed by atoms with Gasteiger partial charge in [-0.05, 0) is 18.2 Å². The van der Waals surface area contributed by atoms with Crippen LogP contribution in [0.1, 0.15) is 10.4 Å². The Morgan fingerprint density at radius 2 is 1.95 bits per heavy atom. The molecule has 0 radical (unpaired) electrons. The molecule has 0 aliphatic rings. The molecule has 1 aromatic heterocycles. The summed E-state index contributed by atoms with van der Waals surface area (Å²) in [5.74, 6) is -2.41. The van der Waals surface area contributed by atoms with E-state index in [1.54, 1.807) is 0 Å². The molecule has 0 spiro atoms. The maximum Gasteiger partial charge on any atom is 0.255 e. The predicted molar refractivity (Wildman–Crippen MR) is 68.6 cm³/mol. The zero-order valence-electron chi connectivity index (χ0n) is 9.25. The number of hydrogen-bond donors (Lipinski definition) is 1. The number of amides is 1. The van der Waals surface area contributed by atoms with Gasteiger partial charge in [-0.1, -0.05) is 23.2 Å².